The summed E-state index contributed by atoms with van der Waals surface area (Å²) in [5.41, 5.74) is 18.8. The molecule has 2 heterocycles. The van der Waals surface area contributed by atoms with Gasteiger partial charge in [0.2, 0.25) is 0 Å². The Balaban J connectivity index is 0.000000271. The lowest BCUT2D eigenvalue weighted by atomic mass is 9.77. The molecular weight excluding hydrogens is 867 g/mol. The number of nitrogens with zero attached hydrogens (tertiary/aromatic N) is 3. The fraction of sp³-hybridized carbons (Fsp3) is 0.471. The average Bonchev–Trinajstić information content (AvgIpc) is 3.30. The number of likely N-dealkylation sites (tertiary alicyclic amines) is 2. The molecule has 6 rings (SSSR count). The van der Waals surface area contributed by atoms with E-state index < -0.39 is 0 Å². The molecule has 0 spiro atoms. The van der Waals surface area contributed by atoms with E-state index >= 15 is 0 Å². The lowest BCUT2D eigenvalue weighted by molar-refractivity contribution is 0.205. The maximum Gasteiger partial charge on any atom is 0.155 e. The molecule has 0 saturated carbocycles. The molecule has 4 aromatic rings. The molecule has 2 aliphatic rings. The SMILES string of the molecule is CC(C)(c1ccc(CN2CCC(N)CC2)cc1)c1cc(Cl)c(OCCCl)c(C#N)c1.CCc1cc(Oc2ccc(CN3CCC(N)CC3)cc2)cc(C#CC(C)C)c1OCCCl.NO. The number of hydrogen-bond donors (Lipinski definition) is 4. The largest absolute Gasteiger partial charge is 0.491 e. The van der Waals surface area contributed by atoms with Gasteiger partial charge >= 0.3 is 0 Å². The first-order chi connectivity index (χ1) is 30.8. The van der Waals surface area contributed by atoms with E-state index in [1.165, 1.54) is 16.7 Å². The van der Waals surface area contributed by atoms with Crippen molar-refractivity contribution in [3.63, 3.8) is 0 Å². The van der Waals surface area contributed by atoms with E-state index in [9.17, 15) is 5.26 Å². The zero-order chi connectivity index (χ0) is 46.6. The molecule has 2 aliphatic heterocycles. The summed E-state index contributed by atoms with van der Waals surface area (Å²) in [6, 6.07) is 27.7. The summed E-state index contributed by atoms with van der Waals surface area (Å²) in [6.45, 7) is 17.5. The van der Waals surface area contributed by atoms with Gasteiger partial charge in [0, 0.05) is 42.6 Å². The molecule has 0 aromatic heterocycles. The quantitative estimate of drug-likeness (QED) is 0.0514. The second kappa shape index (κ2) is 26.8. The molecule has 0 bridgehead atoms. The second-order valence-electron chi connectivity index (χ2n) is 17.1. The summed E-state index contributed by atoms with van der Waals surface area (Å²) in [6.07, 6.45) is 5.11. The van der Waals surface area contributed by atoms with Crippen molar-refractivity contribution < 1.29 is 19.4 Å². The monoisotopic (exact) mass is 932 g/mol. The minimum absolute atomic E-state index is 0.272. The van der Waals surface area contributed by atoms with Gasteiger partial charge in [0.05, 0.1) is 27.9 Å². The van der Waals surface area contributed by atoms with Crippen molar-refractivity contribution in [3.8, 4) is 40.9 Å². The first-order valence-corrected chi connectivity index (χ1v) is 23.7. The minimum atomic E-state index is -0.309. The predicted molar refractivity (Wildman–Crippen MR) is 262 cm³/mol. The molecule has 0 amide bonds. The number of hydrogen-bond acceptors (Lipinski definition) is 10. The molecule has 0 atom stereocenters. The van der Waals surface area contributed by atoms with Gasteiger partial charge in [-0.05, 0) is 116 Å². The van der Waals surface area contributed by atoms with Gasteiger partial charge in [-0.3, -0.25) is 9.80 Å². The Hall–Kier alpha value is -4.04. The van der Waals surface area contributed by atoms with Crippen LogP contribution in [0, 0.1) is 29.1 Å². The summed E-state index contributed by atoms with van der Waals surface area (Å²) in [5, 5.41) is 16.5. The van der Waals surface area contributed by atoms with Crippen LogP contribution < -0.4 is 31.6 Å². The van der Waals surface area contributed by atoms with Crippen molar-refractivity contribution >= 4 is 34.8 Å². The number of nitriles is 1. The van der Waals surface area contributed by atoms with Gasteiger partial charge < -0.3 is 30.9 Å². The Morgan fingerprint density at radius 2 is 1.25 bits per heavy atom. The third-order valence-electron chi connectivity index (χ3n) is 11.5. The summed E-state index contributed by atoms with van der Waals surface area (Å²) in [5.74, 6) is 13.8. The molecule has 64 heavy (non-hydrogen) atoms. The lowest BCUT2D eigenvalue weighted by Crippen LogP contribution is -2.39. The second-order valence-corrected chi connectivity index (χ2v) is 18.2. The number of aryl methyl sites for hydroxylation is 1. The zero-order valence-corrected chi connectivity index (χ0v) is 40.4. The predicted octanol–water partition coefficient (Wildman–Crippen LogP) is 10.0. The van der Waals surface area contributed by atoms with Crippen molar-refractivity contribution in [3.05, 3.63) is 117 Å². The van der Waals surface area contributed by atoms with Gasteiger partial charge in [0.15, 0.2) is 5.75 Å². The first-order valence-electron chi connectivity index (χ1n) is 22.2. The molecule has 0 radical (unpaired) electrons. The molecule has 346 valence electrons. The first kappa shape index (κ1) is 52.6. The van der Waals surface area contributed by atoms with Gasteiger partial charge in [-0.25, -0.2) is 5.90 Å². The fourth-order valence-electron chi connectivity index (χ4n) is 7.66. The Morgan fingerprint density at radius 3 is 1.73 bits per heavy atom. The van der Waals surface area contributed by atoms with E-state index in [1.54, 1.807) is 0 Å². The standard InChI is InChI=1S/C27H35ClN2O2.C24H29Cl2N3O.H3NO/c1-4-22-17-26(18-23(8-5-20(2)3)27(22)31-16-13-28)32-25-9-6-21(7-10-25)19-30-14-11-24(29)12-15-30;1-24(2,20-13-18(15-27)23(22(26)14-20)30-12-9-25)19-5-3-17(4-6-19)16-29-10-7-21(28)8-11-29;1-2/h6-7,9-10,17-18,20,24H,4,11-16,19,29H2,1-3H3;3-6,13-14,21H,7-12,16,28H2,1-2H3;2H,1H2. The van der Waals surface area contributed by atoms with Gasteiger partial charge in [0.1, 0.15) is 36.5 Å². The van der Waals surface area contributed by atoms with E-state index in [1.807, 2.05) is 36.4 Å². The minimum Gasteiger partial charge on any atom is -0.491 e. The zero-order valence-electron chi connectivity index (χ0n) is 38.1. The Labute approximate surface area is 396 Å². The summed E-state index contributed by atoms with van der Waals surface area (Å²) in [7, 11) is 0. The van der Waals surface area contributed by atoms with E-state index in [0.29, 0.717) is 53.4 Å². The van der Waals surface area contributed by atoms with Gasteiger partial charge in [-0.1, -0.05) is 94.5 Å². The van der Waals surface area contributed by atoms with Gasteiger partial charge in [-0.15, -0.1) is 23.2 Å². The highest BCUT2D eigenvalue weighted by molar-refractivity contribution is 6.32. The van der Waals surface area contributed by atoms with Gasteiger partial charge in [0.25, 0.3) is 0 Å². The highest BCUT2D eigenvalue weighted by Crippen LogP contribution is 2.39. The Morgan fingerprint density at radius 1 is 0.734 bits per heavy atom. The molecule has 0 unspecified atom stereocenters. The van der Waals surface area contributed by atoms with Crippen molar-refractivity contribution in [1.29, 1.82) is 5.26 Å². The summed E-state index contributed by atoms with van der Waals surface area (Å²) < 4.78 is 17.7. The van der Waals surface area contributed by atoms with Crippen molar-refractivity contribution in [2.24, 2.45) is 23.3 Å². The number of piperidine rings is 2. The number of alkyl halides is 2. The van der Waals surface area contributed by atoms with Crippen LogP contribution in [0.3, 0.4) is 0 Å². The molecular formula is C51H67Cl3N6O4. The van der Waals surface area contributed by atoms with Crippen LogP contribution in [0.4, 0.5) is 0 Å². The number of halogens is 3. The number of nitrogens with two attached hydrogens (primary N) is 3. The maximum absolute atomic E-state index is 9.58. The van der Waals surface area contributed by atoms with Crippen molar-refractivity contribution in [2.45, 2.75) is 97.3 Å². The average molecular weight is 934 g/mol. The van der Waals surface area contributed by atoms with Crippen LogP contribution >= 0.6 is 34.8 Å². The highest BCUT2D eigenvalue weighted by Gasteiger charge is 2.26. The molecule has 2 fully saturated rings. The van der Waals surface area contributed by atoms with Crippen LogP contribution in [0.1, 0.15) is 99.2 Å². The Bertz CT molecular complexity index is 2140. The van der Waals surface area contributed by atoms with Crippen molar-refractivity contribution in [1.82, 2.24) is 9.80 Å². The number of benzene rings is 4. The maximum atomic E-state index is 9.58. The van der Waals surface area contributed by atoms with Crippen LogP contribution in [0.2, 0.25) is 5.02 Å². The van der Waals surface area contributed by atoms with Crippen LogP contribution in [0.5, 0.6) is 23.0 Å². The lowest BCUT2D eigenvalue weighted by Gasteiger charge is -2.30. The van der Waals surface area contributed by atoms with E-state index in [0.717, 1.165) is 105 Å². The highest BCUT2D eigenvalue weighted by atomic mass is 35.5. The third kappa shape index (κ3) is 15.8. The van der Waals surface area contributed by atoms with Crippen LogP contribution in [-0.2, 0) is 24.9 Å². The van der Waals surface area contributed by atoms with Crippen LogP contribution in [0.25, 0.3) is 0 Å². The van der Waals surface area contributed by atoms with Gasteiger partial charge in [-0.2, -0.15) is 5.26 Å². The molecule has 2 saturated heterocycles. The summed E-state index contributed by atoms with van der Waals surface area (Å²) in [4.78, 5) is 4.92. The number of rotatable bonds is 15. The van der Waals surface area contributed by atoms with Crippen LogP contribution in [0.15, 0.2) is 72.8 Å². The van der Waals surface area contributed by atoms with E-state index in [4.69, 9.17) is 65.7 Å². The van der Waals surface area contributed by atoms with E-state index in [2.05, 4.69) is 105 Å². The normalized spacial score (nSPS) is 14.9. The smallest absolute Gasteiger partial charge is 0.155 e. The molecule has 4 aromatic carbocycles. The molecule has 0 aliphatic carbocycles. The third-order valence-corrected chi connectivity index (χ3v) is 12.0. The summed E-state index contributed by atoms with van der Waals surface area (Å²) >= 11 is 18.0. The van der Waals surface area contributed by atoms with Crippen molar-refractivity contribution in [2.75, 3.05) is 51.2 Å². The molecule has 10 nitrogen and oxygen atoms in total. The fourth-order valence-corrected chi connectivity index (χ4v) is 8.09. The topological polar surface area (TPSA) is 156 Å². The molecule has 13 heteroatoms. The Kier molecular flexibility index (Phi) is 22.0. The van der Waals surface area contributed by atoms with Crippen LogP contribution in [-0.4, -0.2) is 78.2 Å². The number of ether oxygens (including phenoxy) is 3. The molecule has 7 N–H and O–H groups in total. The van der Waals surface area contributed by atoms with E-state index in [-0.39, 0.29) is 11.3 Å².